The predicted molar refractivity (Wildman–Crippen MR) is 83.2 cm³/mol. The molecule has 1 aromatic heterocycles. The van der Waals surface area contributed by atoms with E-state index in [9.17, 15) is 0 Å². The van der Waals surface area contributed by atoms with Crippen molar-refractivity contribution >= 4 is 15.9 Å². The highest BCUT2D eigenvalue weighted by molar-refractivity contribution is 9.10. The van der Waals surface area contributed by atoms with E-state index in [1.165, 1.54) is 50.6 Å². The van der Waals surface area contributed by atoms with Crippen molar-refractivity contribution in [2.45, 2.75) is 64.5 Å². The summed E-state index contributed by atoms with van der Waals surface area (Å²) in [7, 11) is 2.07. The van der Waals surface area contributed by atoms with E-state index in [1.54, 1.807) is 0 Å². The molecule has 1 N–H and O–H groups in total. The Morgan fingerprint density at radius 2 is 2.05 bits per heavy atom. The van der Waals surface area contributed by atoms with Crippen LogP contribution in [0.2, 0.25) is 0 Å². The number of aromatic nitrogens is 2. The molecule has 1 aliphatic carbocycles. The second kappa shape index (κ2) is 7.44. The van der Waals surface area contributed by atoms with E-state index >= 15 is 0 Å². The fourth-order valence-corrected chi connectivity index (χ4v) is 3.84. The Balaban J connectivity index is 2.08. The van der Waals surface area contributed by atoms with Crippen LogP contribution >= 0.6 is 15.9 Å². The summed E-state index contributed by atoms with van der Waals surface area (Å²) in [6.45, 7) is 3.09. The van der Waals surface area contributed by atoms with Gasteiger partial charge in [-0.15, -0.1) is 0 Å². The Labute approximate surface area is 125 Å². The number of nitrogens with one attached hydrogen (secondary N) is 1. The number of aryl methyl sites for hydroxylation is 1. The molecule has 1 aliphatic rings. The van der Waals surface area contributed by atoms with Crippen LogP contribution in [0, 0.1) is 5.92 Å². The summed E-state index contributed by atoms with van der Waals surface area (Å²) in [5.41, 5.74) is 1.31. The standard InChI is InChI=1S/C15H26BrN3/c1-3-19-15(13(16)11-18-19)14(17-2)10-12-8-6-4-5-7-9-12/h11-12,14,17H,3-10H2,1-2H3. The van der Waals surface area contributed by atoms with Crippen LogP contribution in [0.4, 0.5) is 0 Å². The van der Waals surface area contributed by atoms with Crippen LogP contribution in [-0.4, -0.2) is 16.8 Å². The normalized spacial score (nSPS) is 19.3. The van der Waals surface area contributed by atoms with Crippen LogP contribution in [-0.2, 0) is 6.54 Å². The maximum Gasteiger partial charge on any atom is 0.0695 e. The minimum Gasteiger partial charge on any atom is -0.312 e. The van der Waals surface area contributed by atoms with Gasteiger partial charge in [-0.05, 0) is 42.2 Å². The summed E-state index contributed by atoms with van der Waals surface area (Å²) in [5.74, 6) is 0.868. The van der Waals surface area contributed by atoms with E-state index in [2.05, 4.69) is 45.0 Å². The Morgan fingerprint density at radius 1 is 1.37 bits per heavy atom. The van der Waals surface area contributed by atoms with Gasteiger partial charge in [0.05, 0.1) is 22.4 Å². The van der Waals surface area contributed by atoms with E-state index in [0.717, 1.165) is 16.9 Å². The first kappa shape index (κ1) is 15.0. The van der Waals surface area contributed by atoms with Crippen molar-refractivity contribution in [2.75, 3.05) is 7.05 Å². The minimum absolute atomic E-state index is 0.417. The molecule has 19 heavy (non-hydrogen) atoms. The fourth-order valence-electron chi connectivity index (χ4n) is 3.27. The summed E-state index contributed by atoms with van der Waals surface area (Å²) in [4.78, 5) is 0. The van der Waals surface area contributed by atoms with Gasteiger partial charge in [-0.3, -0.25) is 4.68 Å². The van der Waals surface area contributed by atoms with E-state index in [0.29, 0.717) is 6.04 Å². The molecular formula is C15H26BrN3. The molecule has 1 atom stereocenters. The van der Waals surface area contributed by atoms with Crippen molar-refractivity contribution in [3.05, 3.63) is 16.4 Å². The maximum absolute atomic E-state index is 4.44. The molecule has 108 valence electrons. The van der Waals surface area contributed by atoms with Crippen LogP contribution in [0.3, 0.4) is 0 Å². The lowest BCUT2D eigenvalue weighted by atomic mass is 9.91. The summed E-state index contributed by atoms with van der Waals surface area (Å²) in [5, 5.41) is 7.94. The monoisotopic (exact) mass is 327 g/mol. The zero-order valence-corrected chi connectivity index (χ0v) is 13.7. The molecule has 2 rings (SSSR count). The van der Waals surface area contributed by atoms with Gasteiger partial charge in [0.15, 0.2) is 0 Å². The van der Waals surface area contributed by atoms with Crippen molar-refractivity contribution in [2.24, 2.45) is 5.92 Å². The van der Waals surface area contributed by atoms with Gasteiger partial charge in [0, 0.05) is 6.54 Å². The van der Waals surface area contributed by atoms with Gasteiger partial charge in [0.2, 0.25) is 0 Å². The summed E-state index contributed by atoms with van der Waals surface area (Å²) < 4.78 is 3.25. The third-order valence-corrected chi connectivity index (χ3v) is 4.97. The average Bonchev–Trinajstić information content (AvgIpc) is 2.64. The Kier molecular flexibility index (Phi) is 5.89. The van der Waals surface area contributed by atoms with E-state index < -0.39 is 0 Å². The second-order valence-electron chi connectivity index (χ2n) is 5.63. The molecule has 1 unspecified atom stereocenters. The van der Waals surface area contributed by atoms with Crippen LogP contribution in [0.5, 0.6) is 0 Å². The van der Waals surface area contributed by atoms with Gasteiger partial charge in [0.25, 0.3) is 0 Å². The third-order valence-electron chi connectivity index (χ3n) is 4.36. The third kappa shape index (κ3) is 3.82. The van der Waals surface area contributed by atoms with Gasteiger partial charge >= 0.3 is 0 Å². The molecule has 0 saturated heterocycles. The van der Waals surface area contributed by atoms with E-state index in [1.807, 2.05) is 6.20 Å². The molecule has 3 nitrogen and oxygen atoms in total. The lowest BCUT2D eigenvalue weighted by Gasteiger charge is -2.23. The van der Waals surface area contributed by atoms with Crippen molar-refractivity contribution < 1.29 is 0 Å². The van der Waals surface area contributed by atoms with Crippen LogP contribution in [0.1, 0.15) is 63.6 Å². The van der Waals surface area contributed by atoms with Crippen molar-refractivity contribution in [1.29, 1.82) is 0 Å². The summed E-state index contributed by atoms with van der Waals surface area (Å²) in [6.07, 6.45) is 11.6. The highest BCUT2D eigenvalue weighted by atomic mass is 79.9. The predicted octanol–water partition coefficient (Wildman–Crippen LogP) is 4.29. The lowest BCUT2D eigenvalue weighted by molar-refractivity contribution is 0.354. The fraction of sp³-hybridized carbons (Fsp3) is 0.800. The molecule has 0 aromatic carbocycles. The number of nitrogens with zero attached hydrogens (tertiary/aromatic N) is 2. The van der Waals surface area contributed by atoms with Crippen molar-refractivity contribution in [1.82, 2.24) is 15.1 Å². The van der Waals surface area contributed by atoms with E-state index in [-0.39, 0.29) is 0 Å². The number of halogens is 1. The van der Waals surface area contributed by atoms with Gasteiger partial charge < -0.3 is 5.32 Å². The maximum atomic E-state index is 4.44. The Hall–Kier alpha value is -0.350. The SMILES string of the molecule is CCn1ncc(Br)c1C(CC1CCCCCC1)NC. The molecule has 4 heteroatoms. The summed E-state index contributed by atoms with van der Waals surface area (Å²) in [6, 6.07) is 0.417. The molecule has 0 amide bonds. The van der Waals surface area contributed by atoms with Gasteiger partial charge in [-0.25, -0.2) is 0 Å². The number of hydrogen-bond donors (Lipinski definition) is 1. The Morgan fingerprint density at radius 3 is 2.63 bits per heavy atom. The molecule has 1 saturated carbocycles. The zero-order valence-electron chi connectivity index (χ0n) is 12.2. The molecule has 1 fully saturated rings. The molecule has 0 spiro atoms. The molecule has 0 radical (unpaired) electrons. The summed E-state index contributed by atoms with van der Waals surface area (Å²) >= 11 is 3.66. The van der Waals surface area contributed by atoms with Crippen LogP contribution in [0.25, 0.3) is 0 Å². The zero-order chi connectivity index (χ0) is 13.7. The minimum atomic E-state index is 0.417. The smallest absolute Gasteiger partial charge is 0.0695 e. The number of hydrogen-bond acceptors (Lipinski definition) is 2. The first-order chi connectivity index (χ1) is 9.26. The second-order valence-corrected chi connectivity index (χ2v) is 6.48. The first-order valence-electron chi connectivity index (χ1n) is 7.64. The largest absolute Gasteiger partial charge is 0.312 e. The van der Waals surface area contributed by atoms with Gasteiger partial charge in [-0.2, -0.15) is 5.10 Å². The van der Waals surface area contributed by atoms with E-state index in [4.69, 9.17) is 0 Å². The topological polar surface area (TPSA) is 29.9 Å². The van der Waals surface area contributed by atoms with Crippen molar-refractivity contribution in [3.63, 3.8) is 0 Å². The van der Waals surface area contributed by atoms with Crippen LogP contribution in [0.15, 0.2) is 10.7 Å². The molecule has 0 aliphatic heterocycles. The first-order valence-corrected chi connectivity index (χ1v) is 8.44. The van der Waals surface area contributed by atoms with Crippen LogP contribution < -0.4 is 5.32 Å². The Bertz CT molecular complexity index is 381. The average molecular weight is 328 g/mol. The van der Waals surface area contributed by atoms with Gasteiger partial charge in [0.1, 0.15) is 0 Å². The van der Waals surface area contributed by atoms with Crippen molar-refractivity contribution in [3.8, 4) is 0 Å². The highest BCUT2D eigenvalue weighted by Gasteiger charge is 2.22. The molecule has 1 heterocycles. The van der Waals surface area contributed by atoms with Gasteiger partial charge in [-0.1, -0.05) is 38.5 Å². The highest BCUT2D eigenvalue weighted by Crippen LogP contribution is 2.33. The molecular weight excluding hydrogens is 302 g/mol. The molecule has 1 aromatic rings. The molecule has 0 bridgehead atoms. The lowest BCUT2D eigenvalue weighted by Crippen LogP contribution is -2.23. The quantitative estimate of drug-likeness (QED) is 0.817. The number of rotatable bonds is 5.